The fourth-order valence-corrected chi connectivity index (χ4v) is 2.42. The third kappa shape index (κ3) is 7.51. The van der Waals surface area contributed by atoms with Gasteiger partial charge < -0.3 is 14.2 Å². The molecule has 0 radical (unpaired) electrons. The fraction of sp³-hybridized carbons (Fsp3) is 0.824. The molecule has 0 unspecified atom stereocenters. The highest BCUT2D eigenvalue weighted by Crippen LogP contribution is 2.27. The van der Waals surface area contributed by atoms with E-state index in [1.165, 1.54) is 0 Å². The highest BCUT2D eigenvalue weighted by Gasteiger charge is 2.36. The molecule has 0 spiro atoms. The van der Waals surface area contributed by atoms with Crippen LogP contribution in [0.3, 0.4) is 0 Å². The van der Waals surface area contributed by atoms with Gasteiger partial charge >= 0.3 is 6.16 Å². The standard InChI is InChI=1S/C17H30O4/c1-6-7-8-9-10-11-14-15(12-13(2)19-14)20-16(18)21-17(3,4)5/h7-8,13-15H,6,9-12H2,1-5H3/b8-7-/t13-,14-,15-/m0/s1. The Morgan fingerprint density at radius 1 is 1.33 bits per heavy atom. The lowest BCUT2D eigenvalue weighted by Crippen LogP contribution is -2.31. The molecule has 0 bridgehead atoms. The molecule has 0 amide bonds. The first-order valence-electron chi connectivity index (χ1n) is 8.02. The van der Waals surface area contributed by atoms with Crippen molar-refractivity contribution in [3.8, 4) is 0 Å². The van der Waals surface area contributed by atoms with Crippen molar-refractivity contribution in [3.05, 3.63) is 12.2 Å². The van der Waals surface area contributed by atoms with Crippen LogP contribution in [0.1, 0.15) is 66.7 Å². The van der Waals surface area contributed by atoms with E-state index in [0.717, 1.165) is 32.1 Å². The maximum Gasteiger partial charge on any atom is 0.509 e. The van der Waals surface area contributed by atoms with E-state index in [0.29, 0.717) is 0 Å². The fourth-order valence-electron chi connectivity index (χ4n) is 2.42. The molecule has 1 saturated heterocycles. The first-order chi connectivity index (χ1) is 9.81. The molecule has 1 aliphatic rings. The monoisotopic (exact) mass is 298 g/mol. The quantitative estimate of drug-likeness (QED) is 0.408. The van der Waals surface area contributed by atoms with Crippen LogP contribution in [0.5, 0.6) is 0 Å². The number of rotatable bonds is 6. The van der Waals surface area contributed by atoms with Crippen LogP contribution in [-0.2, 0) is 14.2 Å². The lowest BCUT2D eigenvalue weighted by Gasteiger charge is -2.23. The first kappa shape index (κ1) is 18.0. The zero-order valence-electron chi connectivity index (χ0n) is 14.1. The van der Waals surface area contributed by atoms with Gasteiger partial charge in [-0.1, -0.05) is 19.1 Å². The summed E-state index contributed by atoms with van der Waals surface area (Å²) in [6.07, 6.45) is 8.52. The molecule has 0 aliphatic carbocycles. The van der Waals surface area contributed by atoms with Gasteiger partial charge in [0.1, 0.15) is 11.7 Å². The molecule has 0 aromatic rings. The third-order valence-corrected chi connectivity index (χ3v) is 3.28. The van der Waals surface area contributed by atoms with Gasteiger partial charge in [-0.05, 0) is 53.4 Å². The van der Waals surface area contributed by atoms with Crippen LogP contribution in [0.25, 0.3) is 0 Å². The highest BCUT2D eigenvalue weighted by atomic mass is 16.7. The molecule has 1 rings (SSSR count). The minimum atomic E-state index is -0.596. The van der Waals surface area contributed by atoms with Crippen LogP contribution < -0.4 is 0 Å². The van der Waals surface area contributed by atoms with Gasteiger partial charge in [0, 0.05) is 6.42 Å². The Labute approximate surface area is 128 Å². The Bertz CT molecular complexity index is 343. The average Bonchev–Trinajstić information content (AvgIpc) is 2.66. The molecular formula is C17H30O4. The molecule has 0 aromatic heterocycles. The van der Waals surface area contributed by atoms with Gasteiger partial charge in [0.2, 0.25) is 0 Å². The second kappa shape index (κ2) is 8.42. The summed E-state index contributed by atoms with van der Waals surface area (Å²) in [5.74, 6) is 0. The predicted molar refractivity (Wildman–Crippen MR) is 83.3 cm³/mol. The zero-order valence-corrected chi connectivity index (χ0v) is 14.1. The molecule has 0 aromatic carbocycles. The number of unbranched alkanes of at least 4 members (excludes halogenated alkanes) is 1. The molecule has 0 saturated carbocycles. The molecule has 1 heterocycles. The van der Waals surface area contributed by atoms with E-state index in [2.05, 4.69) is 19.1 Å². The van der Waals surface area contributed by atoms with Gasteiger partial charge in [-0.3, -0.25) is 0 Å². The topological polar surface area (TPSA) is 44.8 Å². The highest BCUT2D eigenvalue weighted by molar-refractivity contribution is 5.60. The maximum absolute atomic E-state index is 11.8. The number of hydrogen-bond acceptors (Lipinski definition) is 4. The summed E-state index contributed by atoms with van der Waals surface area (Å²) in [4.78, 5) is 11.8. The van der Waals surface area contributed by atoms with Crippen LogP contribution in [0.15, 0.2) is 12.2 Å². The lowest BCUT2D eigenvalue weighted by atomic mass is 10.1. The number of hydrogen-bond donors (Lipinski definition) is 0. The molecule has 122 valence electrons. The van der Waals surface area contributed by atoms with E-state index < -0.39 is 11.8 Å². The summed E-state index contributed by atoms with van der Waals surface area (Å²) in [5.41, 5.74) is -0.525. The van der Waals surface area contributed by atoms with Crippen molar-refractivity contribution in [2.24, 2.45) is 0 Å². The van der Waals surface area contributed by atoms with E-state index in [-0.39, 0.29) is 18.3 Å². The van der Waals surface area contributed by atoms with Gasteiger partial charge in [0.15, 0.2) is 0 Å². The largest absolute Gasteiger partial charge is 0.509 e. The smallest absolute Gasteiger partial charge is 0.429 e. The van der Waals surface area contributed by atoms with Crippen molar-refractivity contribution in [1.82, 2.24) is 0 Å². The Balaban J connectivity index is 2.40. The van der Waals surface area contributed by atoms with E-state index >= 15 is 0 Å². The second-order valence-corrected chi connectivity index (χ2v) is 6.65. The van der Waals surface area contributed by atoms with Crippen molar-refractivity contribution >= 4 is 6.16 Å². The van der Waals surface area contributed by atoms with Gasteiger partial charge in [0.05, 0.1) is 12.2 Å². The summed E-state index contributed by atoms with van der Waals surface area (Å²) >= 11 is 0. The lowest BCUT2D eigenvalue weighted by molar-refractivity contribution is -0.0490. The normalized spacial score (nSPS) is 26.2. The van der Waals surface area contributed by atoms with Crippen molar-refractivity contribution in [1.29, 1.82) is 0 Å². The Kier molecular flexibility index (Phi) is 7.23. The SMILES string of the molecule is CC/C=C\CCC[C@@H]1O[C@@H](C)C[C@@H]1OC(=O)OC(C)(C)C. The predicted octanol–water partition coefficient (Wildman–Crippen LogP) is 4.62. The van der Waals surface area contributed by atoms with E-state index in [1.54, 1.807) is 0 Å². The van der Waals surface area contributed by atoms with E-state index in [9.17, 15) is 4.79 Å². The van der Waals surface area contributed by atoms with Gasteiger partial charge in [0.25, 0.3) is 0 Å². The van der Waals surface area contributed by atoms with Crippen LogP contribution in [-0.4, -0.2) is 30.1 Å². The molecule has 21 heavy (non-hydrogen) atoms. The van der Waals surface area contributed by atoms with Crippen molar-refractivity contribution < 1.29 is 19.0 Å². The van der Waals surface area contributed by atoms with Crippen LogP contribution in [0.4, 0.5) is 4.79 Å². The van der Waals surface area contributed by atoms with Crippen molar-refractivity contribution in [3.63, 3.8) is 0 Å². The molecule has 4 heteroatoms. The minimum Gasteiger partial charge on any atom is -0.429 e. The zero-order chi connectivity index (χ0) is 15.9. The molecule has 4 nitrogen and oxygen atoms in total. The van der Waals surface area contributed by atoms with E-state index in [1.807, 2.05) is 27.7 Å². The van der Waals surface area contributed by atoms with Gasteiger partial charge in [-0.25, -0.2) is 4.79 Å². The molecule has 3 atom stereocenters. The van der Waals surface area contributed by atoms with Crippen molar-refractivity contribution in [2.75, 3.05) is 0 Å². The van der Waals surface area contributed by atoms with Gasteiger partial charge in [-0.2, -0.15) is 0 Å². The average molecular weight is 298 g/mol. The summed E-state index contributed by atoms with van der Waals surface area (Å²) in [5, 5.41) is 0. The van der Waals surface area contributed by atoms with Crippen LogP contribution in [0, 0.1) is 0 Å². The number of ether oxygens (including phenoxy) is 3. The van der Waals surface area contributed by atoms with E-state index in [4.69, 9.17) is 14.2 Å². The van der Waals surface area contributed by atoms with Crippen molar-refractivity contribution in [2.45, 2.75) is 90.6 Å². The summed E-state index contributed by atoms with van der Waals surface area (Å²) in [6, 6.07) is 0. The van der Waals surface area contributed by atoms with Gasteiger partial charge in [-0.15, -0.1) is 0 Å². The Morgan fingerprint density at radius 3 is 2.67 bits per heavy atom. The number of allylic oxidation sites excluding steroid dienone is 2. The molecule has 1 fully saturated rings. The number of carbonyl (C=O) groups is 1. The van der Waals surface area contributed by atoms with Crippen LogP contribution in [0.2, 0.25) is 0 Å². The summed E-state index contributed by atoms with van der Waals surface area (Å²) in [6.45, 7) is 9.64. The maximum atomic E-state index is 11.8. The summed E-state index contributed by atoms with van der Waals surface area (Å²) < 4.78 is 16.5. The molecule has 1 aliphatic heterocycles. The Morgan fingerprint density at radius 2 is 2.05 bits per heavy atom. The minimum absolute atomic E-state index is 0.0115. The second-order valence-electron chi connectivity index (χ2n) is 6.65. The first-order valence-corrected chi connectivity index (χ1v) is 8.02. The molecular weight excluding hydrogens is 268 g/mol. The molecule has 0 N–H and O–H groups in total. The summed E-state index contributed by atoms with van der Waals surface area (Å²) in [7, 11) is 0. The third-order valence-electron chi connectivity index (χ3n) is 3.28. The Hall–Kier alpha value is -1.03. The van der Waals surface area contributed by atoms with Crippen LogP contribution >= 0.6 is 0 Å². The number of carbonyl (C=O) groups excluding carboxylic acids is 1.